The van der Waals surface area contributed by atoms with Gasteiger partial charge in [0.05, 0.1) is 25.9 Å². The first-order chi connectivity index (χ1) is 9.97. The second-order valence-corrected chi connectivity index (χ2v) is 5.65. The van der Waals surface area contributed by atoms with Crippen LogP contribution in [0.25, 0.3) is 0 Å². The molecule has 124 valence electrons. The number of hydrogen-bond donors (Lipinski definition) is 5. The van der Waals surface area contributed by atoms with Crippen molar-refractivity contribution in [2.45, 2.75) is 56.2 Å². The highest BCUT2D eigenvalue weighted by atomic mass is 16.7. The van der Waals surface area contributed by atoms with Crippen molar-refractivity contribution in [1.29, 1.82) is 0 Å². The third-order valence-electron chi connectivity index (χ3n) is 3.96. The van der Waals surface area contributed by atoms with Gasteiger partial charge in [-0.05, 0) is 19.9 Å². The summed E-state index contributed by atoms with van der Waals surface area (Å²) in [5, 5.41) is 41.1. The molecule has 5 atom stereocenters. The fraction of sp³-hybridized carbons (Fsp3) is 1.00. The molecule has 0 radical (unpaired) electrons. The number of rotatable bonds is 7. The van der Waals surface area contributed by atoms with Gasteiger partial charge in [0.2, 0.25) is 0 Å². The van der Waals surface area contributed by atoms with Crippen molar-refractivity contribution in [3.8, 4) is 0 Å². The minimum atomic E-state index is -1.22. The van der Waals surface area contributed by atoms with E-state index in [9.17, 15) is 15.3 Å². The molecule has 0 saturated carbocycles. The summed E-state index contributed by atoms with van der Waals surface area (Å²) in [5.41, 5.74) is 0. The van der Waals surface area contributed by atoms with Gasteiger partial charge < -0.3 is 40.0 Å². The summed E-state index contributed by atoms with van der Waals surface area (Å²) in [6.07, 6.45) is -3.10. The molecule has 8 heteroatoms. The molecule has 8 nitrogen and oxygen atoms in total. The van der Waals surface area contributed by atoms with E-state index in [1.807, 2.05) is 6.92 Å². The minimum absolute atomic E-state index is 0.534. The first-order valence-corrected chi connectivity index (χ1v) is 7.29. The second-order valence-electron chi connectivity index (χ2n) is 5.65. The van der Waals surface area contributed by atoms with E-state index in [1.165, 1.54) is 0 Å². The van der Waals surface area contributed by atoms with Gasteiger partial charge in [0, 0.05) is 6.42 Å². The average molecular weight is 307 g/mol. The van der Waals surface area contributed by atoms with Crippen LogP contribution in [-0.2, 0) is 14.2 Å². The van der Waals surface area contributed by atoms with E-state index in [0.717, 1.165) is 6.42 Å². The minimum Gasteiger partial charge on any atom is -0.394 e. The highest BCUT2D eigenvalue weighted by molar-refractivity contribution is 4.94. The molecule has 2 heterocycles. The largest absolute Gasteiger partial charge is 0.394 e. The monoisotopic (exact) mass is 307 g/mol. The molecule has 5 N–H and O–H groups in total. The van der Waals surface area contributed by atoms with Gasteiger partial charge in [-0.15, -0.1) is 0 Å². The van der Waals surface area contributed by atoms with Crippen LogP contribution in [0.3, 0.4) is 0 Å². The Balaban J connectivity index is 1.72. The molecule has 2 rings (SSSR count). The van der Waals surface area contributed by atoms with Crippen LogP contribution < -0.4 is 5.32 Å². The summed E-state index contributed by atoms with van der Waals surface area (Å²) >= 11 is 0. The molecule has 21 heavy (non-hydrogen) atoms. The maximum atomic E-state index is 10.0. The number of ether oxygens (including phenoxy) is 3. The predicted molar refractivity (Wildman–Crippen MR) is 71.3 cm³/mol. The normalized spacial score (nSPS) is 37.0. The molecule has 0 aromatic carbocycles. The van der Waals surface area contributed by atoms with E-state index < -0.39 is 43.0 Å². The van der Waals surface area contributed by atoms with Gasteiger partial charge in [-0.25, -0.2) is 0 Å². The summed E-state index contributed by atoms with van der Waals surface area (Å²) in [6.45, 7) is 3.08. The molecular weight excluding hydrogens is 282 g/mol. The fourth-order valence-corrected chi connectivity index (χ4v) is 2.72. The molecule has 1 unspecified atom stereocenters. The van der Waals surface area contributed by atoms with Crippen LogP contribution >= 0.6 is 0 Å². The highest BCUT2D eigenvalue weighted by Gasteiger charge is 2.45. The van der Waals surface area contributed by atoms with E-state index in [-0.39, 0.29) is 0 Å². The molecule has 0 aromatic heterocycles. The molecule has 0 bridgehead atoms. The maximum absolute atomic E-state index is 10.0. The van der Waals surface area contributed by atoms with Crippen LogP contribution in [0.5, 0.6) is 0 Å². The molecule has 0 spiro atoms. The average Bonchev–Trinajstić information content (AvgIpc) is 3.00. The lowest BCUT2D eigenvalue weighted by Gasteiger charge is -2.24. The van der Waals surface area contributed by atoms with Crippen molar-refractivity contribution in [2.24, 2.45) is 0 Å². The first-order valence-electron chi connectivity index (χ1n) is 7.29. The van der Waals surface area contributed by atoms with Crippen LogP contribution in [-0.4, -0.2) is 83.2 Å². The third-order valence-corrected chi connectivity index (χ3v) is 3.96. The van der Waals surface area contributed by atoms with Crippen molar-refractivity contribution in [2.75, 3.05) is 26.4 Å². The zero-order valence-electron chi connectivity index (χ0n) is 12.1. The summed E-state index contributed by atoms with van der Waals surface area (Å²) < 4.78 is 16.0. The van der Waals surface area contributed by atoms with Crippen molar-refractivity contribution in [3.05, 3.63) is 0 Å². The highest BCUT2D eigenvalue weighted by Crippen LogP contribution is 2.25. The molecule has 0 amide bonds. The third kappa shape index (κ3) is 4.11. The number of nitrogens with one attached hydrogen (secondary N) is 1. The summed E-state index contributed by atoms with van der Waals surface area (Å²) in [5.74, 6) is -0.555. The van der Waals surface area contributed by atoms with Crippen LogP contribution in [0.1, 0.15) is 19.8 Å². The summed E-state index contributed by atoms with van der Waals surface area (Å²) in [7, 11) is 0. The van der Waals surface area contributed by atoms with Crippen molar-refractivity contribution in [3.63, 3.8) is 0 Å². The van der Waals surface area contributed by atoms with E-state index in [2.05, 4.69) is 5.32 Å². The molecule has 0 aromatic rings. The Hall–Kier alpha value is -0.320. The van der Waals surface area contributed by atoms with Gasteiger partial charge >= 0.3 is 0 Å². The van der Waals surface area contributed by atoms with E-state index in [4.69, 9.17) is 19.3 Å². The molecule has 2 fully saturated rings. The Bertz CT molecular complexity index is 324. The quantitative estimate of drug-likeness (QED) is 0.340. The zero-order chi connectivity index (χ0) is 15.5. The lowest BCUT2D eigenvalue weighted by Crippen LogP contribution is -2.47. The summed E-state index contributed by atoms with van der Waals surface area (Å²) in [6, 6.07) is -0.700. The SMILES string of the molecule is CC1(CCCN[C@@H]2C(O)O[C@H]([C@H](O)CO)[C@@H]2O)OCCO1. The molecule has 0 aliphatic carbocycles. The fourth-order valence-electron chi connectivity index (χ4n) is 2.72. The number of hydrogen-bond acceptors (Lipinski definition) is 8. The number of aliphatic hydroxyl groups is 4. The van der Waals surface area contributed by atoms with Gasteiger partial charge in [-0.3, -0.25) is 0 Å². The van der Waals surface area contributed by atoms with E-state index >= 15 is 0 Å². The lowest BCUT2D eigenvalue weighted by atomic mass is 10.0. The van der Waals surface area contributed by atoms with Gasteiger partial charge in [-0.2, -0.15) is 0 Å². The smallest absolute Gasteiger partial charge is 0.173 e. The van der Waals surface area contributed by atoms with Crippen molar-refractivity contribution >= 4 is 0 Å². The molecular formula is C13H25NO7. The Morgan fingerprint density at radius 1 is 1.29 bits per heavy atom. The second kappa shape index (κ2) is 7.30. The Morgan fingerprint density at radius 2 is 1.95 bits per heavy atom. The van der Waals surface area contributed by atoms with Crippen LogP contribution in [0.2, 0.25) is 0 Å². The molecule has 2 aliphatic heterocycles. The standard InChI is InChI=1S/C13H25NO7/c1-13(19-5-6-20-13)3-2-4-14-9-10(17)11(8(16)7-15)21-12(9)18/h8-12,14-18H,2-7H2,1H3/t8-,9+,10-,11-,12?/m1/s1. The Morgan fingerprint density at radius 3 is 2.57 bits per heavy atom. The van der Waals surface area contributed by atoms with E-state index in [0.29, 0.717) is 26.2 Å². The first kappa shape index (κ1) is 17.0. The van der Waals surface area contributed by atoms with Gasteiger partial charge in [0.25, 0.3) is 0 Å². The molecule has 2 aliphatic rings. The molecule has 2 saturated heterocycles. The van der Waals surface area contributed by atoms with Crippen LogP contribution in [0, 0.1) is 0 Å². The number of aliphatic hydroxyl groups excluding tert-OH is 4. The maximum Gasteiger partial charge on any atom is 0.173 e. The van der Waals surface area contributed by atoms with Gasteiger partial charge in [-0.1, -0.05) is 0 Å². The van der Waals surface area contributed by atoms with Crippen LogP contribution in [0.4, 0.5) is 0 Å². The lowest BCUT2D eigenvalue weighted by molar-refractivity contribution is -0.147. The summed E-state index contributed by atoms with van der Waals surface area (Å²) in [4.78, 5) is 0. The van der Waals surface area contributed by atoms with Crippen molar-refractivity contribution in [1.82, 2.24) is 5.32 Å². The van der Waals surface area contributed by atoms with Crippen molar-refractivity contribution < 1.29 is 34.6 Å². The van der Waals surface area contributed by atoms with Gasteiger partial charge in [0.1, 0.15) is 18.3 Å². The Kier molecular flexibility index (Phi) is 5.92. The van der Waals surface area contributed by atoms with Crippen LogP contribution in [0.15, 0.2) is 0 Å². The Labute approximate surface area is 123 Å². The predicted octanol–water partition coefficient (Wildman–Crippen LogP) is -2.08. The zero-order valence-corrected chi connectivity index (χ0v) is 12.1. The topological polar surface area (TPSA) is 121 Å². The van der Waals surface area contributed by atoms with Gasteiger partial charge in [0.15, 0.2) is 12.1 Å². The van der Waals surface area contributed by atoms with E-state index in [1.54, 1.807) is 0 Å².